The molecule has 5 atom stereocenters. The molecule has 3 rings (SSSR count). The average Bonchev–Trinajstić information content (AvgIpc) is 3.24. The Morgan fingerprint density at radius 3 is 2.62 bits per heavy atom. The highest BCUT2D eigenvalue weighted by Gasteiger charge is 2.45. The third kappa shape index (κ3) is 4.35. The first-order chi connectivity index (χ1) is 13.9. The lowest BCUT2D eigenvalue weighted by Crippen LogP contribution is -2.55. The minimum absolute atomic E-state index is 0.0516. The predicted octanol–water partition coefficient (Wildman–Crippen LogP) is 0.873. The van der Waals surface area contributed by atoms with Crippen LogP contribution in [0.4, 0.5) is 0 Å². The minimum atomic E-state index is -1.58. The fourth-order valence-corrected chi connectivity index (χ4v) is 3.80. The van der Waals surface area contributed by atoms with Crippen LogP contribution in [0.5, 0.6) is 11.5 Å². The van der Waals surface area contributed by atoms with E-state index >= 15 is 0 Å². The average molecular weight is 422 g/mol. The Balaban J connectivity index is 1.98. The van der Waals surface area contributed by atoms with Gasteiger partial charge in [0, 0.05) is 11.6 Å². The molecule has 1 fully saturated rings. The van der Waals surface area contributed by atoms with E-state index in [-0.39, 0.29) is 22.6 Å². The fourth-order valence-electron chi connectivity index (χ4n) is 3.17. The zero-order valence-electron chi connectivity index (χ0n) is 15.5. The highest BCUT2D eigenvalue weighted by Crippen LogP contribution is 2.40. The number of phenolic OH excluding ortho intramolecular Hbond substituents is 1. The highest BCUT2D eigenvalue weighted by atomic mass is 32.1. The number of carbonyl (C=O) groups excluding carboxylic acids is 1. The number of allylic oxidation sites excluding steroid dienone is 1. The maximum atomic E-state index is 12.6. The number of aliphatic hydroxyl groups excluding tert-OH is 4. The number of thiophene rings is 1. The summed E-state index contributed by atoms with van der Waals surface area (Å²) in [6.07, 6.45) is -4.04. The minimum Gasteiger partial charge on any atom is -0.507 e. The molecule has 5 N–H and O–H groups in total. The van der Waals surface area contributed by atoms with E-state index in [1.807, 2.05) is 16.8 Å². The van der Waals surface area contributed by atoms with Gasteiger partial charge in [0.05, 0.1) is 19.3 Å². The monoisotopic (exact) mass is 422 g/mol. The molecular formula is C20H22O8S. The van der Waals surface area contributed by atoms with Crippen molar-refractivity contribution in [1.82, 2.24) is 0 Å². The quantitative estimate of drug-likeness (QED) is 0.342. The molecular weight excluding hydrogens is 400 g/mol. The maximum Gasteiger partial charge on any atom is 0.189 e. The van der Waals surface area contributed by atoms with Crippen molar-refractivity contribution in [3.8, 4) is 11.5 Å². The van der Waals surface area contributed by atoms with Gasteiger partial charge in [-0.15, -0.1) is 0 Å². The first-order valence-electron chi connectivity index (χ1n) is 8.83. The molecule has 8 nitrogen and oxygen atoms in total. The molecule has 0 aliphatic carbocycles. The van der Waals surface area contributed by atoms with Crippen LogP contribution >= 0.6 is 11.3 Å². The summed E-state index contributed by atoms with van der Waals surface area (Å²) in [7, 11) is 1.33. The molecule has 9 heteroatoms. The van der Waals surface area contributed by atoms with Gasteiger partial charge in [-0.25, -0.2) is 0 Å². The molecule has 1 aliphatic rings. The summed E-state index contributed by atoms with van der Waals surface area (Å²) in [6, 6.07) is 4.35. The Morgan fingerprint density at radius 2 is 2.00 bits per heavy atom. The molecule has 2 aromatic rings. The van der Waals surface area contributed by atoms with Crippen molar-refractivity contribution in [3.63, 3.8) is 0 Å². The van der Waals surface area contributed by atoms with Gasteiger partial charge in [0.1, 0.15) is 42.0 Å². The second-order valence-corrected chi connectivity index (χ2v) is 7.40. The van der Waals surface area contributed by atoms with Crippen LogP contribution in [0.15, 0.2) is 35.0 Å². The lowest BCUT2D eigenvalue weighted by atomic mass is 9.89. The summed E-state index contributed by atoms with van der Waals surface area (Å²) < 4.78 is 10.8. The van der Waals surface area contributed by atoms with Crippen LogP contribution < -0.4 is 4.74 Å². The van der Waals surface area contributed by atoms with E-state index in [0.29, 0.717) is 0 Å². The molecule has 1 aromatic carbocycles. The van der Waals surface area contributed by atoms with Crippen LogP contribution in [0.25, 0.3) is 6.08 Å². The van der Waals surface area contributed by atoms with Crippen molar-refractivity contribution >= 4 is 23.2 Å². The zero-order chi connectivity index (χ0) is 21.1. The van der Waals surface area contributed by atoms with Crippen molar-refractivity contribution in [2.75, 3.05) is 13.7 Å². The molecule has 5 unspecified atom stereocenters. The van der Waals surface area contributed by atoms with Gasteiger partial charge in [-0.1, -0.05) is 6.08 Å². The number of phenols is 1. The molecule has 0 radical (unpaired) electrons. The molecule has 1 aliphatic heterocycles. The van der Waals surface area contributed by atoms with Crippen molar-refractivity contribution in [1.29, 1.82) is 0 Å². The van der Waals surface area contributed by atoms with Gasteiger partial charge in [-0.3, -0.25) is 4.79 Å². The third-order valence-corrected chi connectivity index (χ3v) is 5.48. The van der Waals surface area contributed by atoms with E-state index < -0.39 is 42.9 Å². The summed E-state index contributed by atoms with van der Waals surface area (Å²) in [5.74, 6) is -0.692. The number of benzene rings is 1. The lowest BCUT2D eigenvalue weighted by molar-refractivity contribution is -0.232. The topological polar surface area (TPSA) is 137 Å². The zero-order valence-corrected chi connectivity index (χ0v) is 16.3. The van der Waals surface area contributed by atoms with Crippen LogP contribution in [-0.2, 0) is 4.74 Å². The molecule has 1 aromatic heterocycles. The van der Waals surface area contributed by atoms with Gasteiger partial charge >= 0.3 is 0 Å². The smallest absolute Gasteiger partial charge is 0.189 e. The first-order valence-corrected chi connectivity index (χ1v) is 9.77. The van der Waals surface area contributed by atoms with Crippen LogP contribution in [0.1, 0.15) is 27.6 Å². The molecule has 0 bridgehead atoms. The van der Waals surface area contributed by atoms with Gasteiger partial charge in [0.2, 0.25) is 0 Å². The maximum absolute atomic E-state index is 12.6. The molecule has 1 saturated heterocycles. The van der Waals surface area contributed by atoms with E-state index in [4.69, 9.17) is 9.47 Å². The fraction of sp³-hybridized carbons (Fsp3) is 0.350. The number of aromatic hydroxyl groups is 1. The van der Waals surface area contributed by atoms with Crippen molar-refractivity contribution in [3.05, 3.63) is 51.7 Å². The van der Waals surface area contributed by atoms with E-state index in [0.717, 1.165) is 5.56 Å². The molecule has 0 amide bonds. The summed E-state index contributed by atoms with van der Waals surface area (Å²) >= 11 is 1.48. The summed E-state index contributed by atoms with van der Waals surface area (Å²) in [6.45, 7) is -0.586. The Labute approximate surface area is 170 Å². The normalized spacial score (nSPS) is 27.3. The SMILES string of the molecule is COc1cc(O)c(C(=O)C=Cc2ccsc2)cc1C1OC(CO)C(O)C(O)C1O. The van der Waals surface area contributed by atoms with E-state index in [2.05, 4.69) is 0 Å². The Morgan fingerprint density at radius 1 is 1.24 bits per heavy atom. The van der Waals surface area contributed by atoms with E-state index in [1.54, 1.807) is 6.08 Å². The van der Waals surface area contributed by atoms with Crippen LogP contribution in [-0.4, -0.2) is 69.4 Å². The summed E-state index contributed by atoms with van der Waals surface area (Å²) in [4.78, 5) is 12.6. The highest BCUT2D eigenvalue weighted by molar-refractivity contribution is 7.08. The van der Waals surface area contributed by atoms with Crippen molar-refractivity contribution in [2.45, 2.75) is 30.5 Å². The molecule has 2 heterocycles. The van der Waals surface area contributed by atoms with Gasteiger partial charge in [-0.05, 0) is 34.5 Å². The summed E-state index contributed by atoms with van der Waals surface area (Å²) in [5.41, 5.74) is 0.976. The number of methoxy groups -OCH3 is 1. The molecule has 156 valence electrons. The van der Waals surface area contributed by atoms with Crippen molar-refractivity contribution < 1.29 is 39.8 Å². The molecule has 29 heavy (non-hydrogen) atoms. The third-order valence-electron chi connectivity index (χ3n) is 4.78. The van der Waals surface area contributed by atoms with E-state index in [1.165, 1.54) is 36.7 Å². The number of rotatable bonds is 6. The molecule has 0 saturated carbocycles. The van der Waals surface area contributed by atoms with Crippen LogP contribution in [0.2, 0.25) is 0 Å². The number of aliphatic hydroxyl groups is 4. The molecule has 0 spiro atoms. The standard InChI is InChI=1S/C20H22O8S/c1-27-15-7-14(23)11(13(22)3-2-10-4-5-29-9-10)6-12(15)20-19(26)18(25)17(24)16(8-21)28-20/h2-7,9,16-21,23-26H,8H2,1H3. The van der Waals surface area contributed by atoms with Crippen molar-refractivity contribution in [2.24, 2.45) is 0 Å². The lowest BCUT2D eigenvalue weighted by Gasteiger charge is -2.40. The van der Waals surface area contributed by atoms with Gasteiger partial charge in [0.25, 0.3) is 0 Å². The van der Waals surface area contributed by atoms with Gasteiger partial charge < -0.3 is 35.0 Å². The second kappa shape index (κ2) is 9.04. The predicted molar refractivity (Wildman–Crippen MR) is 105 cm³/mol. The number of hydrogen-bond acceptors (Lipinski definition) is 9. The first kappa shape index (κ1) is 21.4. The number of carbonyl (C=O) groups is 1. The Bertz CT molecular complexity index is 877. The van der Waals surface area contributed by atoms with Gasteiger partial charge in [0.15, 0.2) is 5.78 Å². The van der Waals surface area contributed by atoms with Crippen LogP contribution in [0.3, 0.4) is 0 Å². The Kier molecular flexibility index (Phi) is 6.68. The Hall–Kier alpha value is -2.27. The summed E-state index contributed by atoms with van der Waals surface area (Å²) in [5, 5.41) is 53.8. The van der Waals surface area contributed by atoms with Crippen LogP contribution in [0, 0.1) is 0 Å². The van der Waals surface area contributed by atoms with E-state index in [9.17, 15) is 30.3 Å². The largest absolute Gasteiger partial charge is 0.507 e. The number of ketones is 1. The second-order valence-electron chi connectivity index (χ2n) is 6.62. The van der Waals surface area contributed by atoms with Gasteiger partial charge in [-0.2, -0.15) is 11.3 Å². The number of hydrogen-bond donors (Lipinski definition) is 5. The number of ether oxygens (including phenoxy) is 2.